The standard InChI is InChI=1S/C15H22N2O4S/c1-16-8-12(9-18)7-15(16)10-17(11-15)22(19,20)14-5-3-13(21-2)4-6-14/h3-6,12,18H,7-11H2,1-2H3/t12-/m1/s1. The lowest BCUT2D eigenvalue weighted by Gasteiger charge is -2.50. The summed E-state index contributed by atoms with van der Waals surface area (Å²) in [6.45, 7) is 1.98. The van der Waals surface area contributed by atoms with E-state index in [0.717, 1.165) is 13.0 Å². The van der Waals surface area contributed by atoms with Crippen LogP contribution in [-0.4, -0.2) is 68.7 Å². The Morgan fingerprint density at radius 1 is 1.32 bits per heavy atom. The highest BCUT2D eigenvalue weighted by atomic mass is 32.2. The summed E-state index contributed by atoms with van der Waals surface area (Å²) in [6.07, 6.45) is 0.856. The Hall–Kier alpha value is -1.15. The lowest BCUT2D eigenvalue weighted by molar-refractivity contribution is 0.0374. The second kappa shape index (κ2) is 5.49. The van der Waals surface area contributed by atoms with Crippen molar-refractivity contribution in [2.45, 2.75) is 16.9 Å². The van der Waals surface area contributed by atoms with E-state index < -0.39 is 10.0 Å². The van der Waals surface area contributed by atoms with Crippen molar-refractivity contribution in [3.63, 3.8) is 0 Å². The average molecular weight is 326 g/mol. The molecule has 6 nitrogen and oxygen atoms in total. The first-order valence-corrected chi connectivity index (χ1v) is 8.81. The zero-order valence-corrected chi connectivity index (χ0v) is 13.7. The molecule has 1 N–H and O–H groups in total. The molecule has 0 aliphatic carbocycles. The Morgan fingerprint density at radius 3 is 2.45 bits per heavy atom. The number of hydrogen-bond donors (Lipinski definition) is 1. The Kier molecular flexibility index (Phi) is 3.92. The maximum Gasteiger partial charge on any atom is 0.243 e. The zero-order valence-electron chi connectivity index (χ0n) is 12.9. The zero-order chi connectivity index (χ0) is 16.0. The minimum absolute atomic E-state index is 0.104. The first-order chi connectivity index (χ1) is 10.4. The predicted molar refractivity (Wildman–Crippen MR) is 82.3 cm³/mol. The molecule has 22 heavy (non-hydrogen) atoms. The monoisotopic (exact) mass is 326 g/mol. The molecule has 0 amide bonds. The molecule has 0 bridgehead atoms. The summed E-state index contributed by atoms with van der Waals surface area (Å²) >= 11 is 0. The maximum absolute atomic E-state index is 12.6. The van der Waals surface area contributed by atoms with E-state index in [2.05, 4.69) is 4.90 Å². The normalized spacial score (nSPS) is 25.3. The predicted octanol–water partition coefficient (Wildman–Crippen LogP) is 0.382. The fourth-order valence-corrected chi connectivity index (χ4v) is 5.11. The third-order valence-corrected chi connectivity index (χ3v) is 6.71. The summed E-state index contributed by atoms with van der Waals surface area (Å²) in [5.74, 6) is 0.885. The van der Waals surface area contributed by atoms with Gasteiger partial charge in [0.05, 0.1) is 12.0 Å². The van der Waals surface area contributed by atoms with Gasteiger partial charge in [0.15, 0.2) is 0 Å². The highest BCUT2D eigenvalue weighted by Crippen LogP contribution is 2.41. The molecular formula is C15H22N2O4S. The van der Waals surface area contributed by atoms with Crippen LogP contribution in [0.4, 0.5) is 0 Å². The SMILES string of the molecule is COc1ccc(S(=O)(=O)N2CC3(C[C@@H](CO)CN3C)C2)cc1. The molecule has 2 aliphatic heterocycles. The molecule has 1 aromatic carbocycles. The van der Waals surface area contributed by atoms with Gasteiger partial charge in [0.2, 0.25) is 10.0 Å². The smallest absolute Gasteiger partial charge is 0.243 e. The number of aliphatic hydroxyl groups is 1. The van der Waals surface area contributed by atoms with Crippen LogP contribution in [0.15, 0.2) is 29.2 Å². The van der Waals surface area contributed by atoms with Crippen LogP contribution in [-0.2, 0) is 10.0 Å². The number of benzene rings is 1. The van der Waals surface area contributed by atoms with Gasteiger partial charge in [0.1, 0.15) is 5.75 Å². The third-order valence-electron chi connectivity index (χ3n) is 4.91. The van der Waals surface area contributed by atoms with E-state index in [4.69, 9.17) is 4.74 Å². The van der Waals surface area contributed by atoms with E-state index >= 15 is 0 Å². The number of sulfonamides is 1. The Labute approximate surface area is 131 Å². The summed E-state index contributed by atoms with van der Waals surface area (Å²) in [4.78, 5) is 2.48. The maximum atomic E-state index is 12.6. The molecule has 2 heterocycles. The summed E-state index contributed by atoms with van der Waals surface area (Å²) in [6, 6.07) is 6.47. The molecule has 2 aliphatic rings. The summed E-state index contributed by atoms with van der Waals surface area (Å²) in [7, 11) is 0.109. The summed E-state index contributed by atoms with van der Waals surface area (Å²) < 4.78 is 31.8. The quantitative estimate of drug-likeness (QED) is 0.866. The molecule has 0 aromatic heterocycles. The first-order valence-electron chi connectivity index (χ1n) is 7.37. The number of rotatable bonds is 4. The highest BCUT2D eigenvalue weighted by Gasteiger charge is 2.54. The highest BCUT2D eigenvalue weighted by molar-refractivity contribution is 7.89. The van der Waals surface area contributed by atoms with E-state index in [1.165, 1.54) is 4.31 Å². The van der Waals surface area contributed by atoms with Crippen molar-refractivity contribution in [3.8, 4) is 5.75 Å². The largest absolute Gasteiger partial charge is 0.497 e. The van der Waals surface area contributed by atoms with Crippen molar-refractivity contribution in [2.24, 2.45) is 5.92 Å². The van der Waals surface area contributed by atoms with E-state index in [1.807, 2.05) is 7.05 Å². The van der Waals surface area contributed by atoms with E-state index in [-0.39, 0.29) is 18.1 Å². The van der Waals surface area contributed by atoms with Crippen LogP contribution in [0.5, 0.6) is 5.75 Å². The summed E-state index contributed by atoms with van der Waals surface area (Å²) in [5, 5.41) is 9.32. The topological polar surface area (TPSA) is 70.1 Å². The van der Waals surface area contributed by atoms with Crippen molar-refractivity contribution in [3.05, 3.63) is 24.3 Å². The number of likely N-dealkylation sites (N-methyl/N-ethyl adjacent to an activating group) is 1. The second-order valence-electron chi connectivity index (χ2n) is 6.31. The van der Waals surface area contributed by atoms with Gasteiger partial charge in [0.25, 0.3) is 0 Å². The van der Waals surface area contributed by atoms with E-state index in [0.29, 0.717) is 23.7 Å². The van der Waals surface area contributed by atoms with Gasteiger partial charge in [-0.05, 0) is 43.7 Å². The van der Waals surface area contributed by atoms with Gasteiger partial charge in [-0.3, -0.25) is 4.90 Å². The molecule has 3 rings (SSSR count). The number of methoxy groups -OCH3 is 1. The van der Waals surface area contributed by atoms with Crippen LogP contribution in [0.3, 0.4) is 0 Å². The molecule has 122 valence electrons. The molecule has 1 spiro atoms. The van der Waals surface area contributed by atoms with Crippen molar-refractivity contribution in [2.75, 3.05) is 40.4 Å². The summed E-state index contributed by atoms with van der Waals surface area (Å²) in [5.41, 5.74) is -0.104. The number of ether oxygens (including phenoxy) is 1. The van der Waals surface area contributed by atoms with Gasteiger partial charge >= 0.3 is 0 Å². The second-order valence-corrected chi connectivity index (χ2v) is 8.24. The Morgan fingerprint density at radius 2 is 1.95 bits per heavy atom. The minimum atomic E-state index is -3.45. The number of hydrogen-bond acceptors (Lipinski definition) is 5. The lowest BCUT2D eigenvalue weighted by atomic mass is 9.87. The van der Waals surface area contributed by atoms with Crippen molar-refractivity contribution < 1.29 is 18.3 Å². The number of likely N-dealkylation sites (tertiary alicyclic amines) is 1. The van der Waals surface area contributed by atoms with Gasteiger partial charge in [-0.1, -0.05) is 0 Å². The molecular weight excluding hydrogens is 304 g/mol. The van der Waals surface area contributed by atoms with Crippen molar-refractivity contribution >= 4 is 10.0 Å². The fourth-order valence-electron chi connectivity index (χ4n) is 3.51. The van der Waals surface area contributed by atoms with Crippen LogP contribution in [0, 0.1) is 5.92 Å². The molecule has 1 atom stereocenters. The molecule has 7 heteroatoms. The van der Waals surface area contributed by atoms with Crippen LogP contribution in [0.1, 0.15) is 6.42 Å². The molecule has 0 unspecified atom stereocenters. The third kappa shape index (κ3) is 2.42. The first kappa shape index (κ1) is 15.7. The van der Waals surface area contributed by atoms with Gasteiger partial charge in [0, 0.05) is 31.8 Å². The molecule has 0 radical (unpaired) electrons. The van der Waals surface area contributed by atoms with Gasteiger partial charge in [-0.2, -0.15) is 4.31 Å². The number of aliphatic hydroxyl groups excluding tert-OH is 1. The van der Waals surface area contributed by atoms with Crippen molar-refractivity contribution in [1.29, 1.82) is 0 Å². The lowest BCUT2D eigenvalue weighted by Crippen LogP contribution is -2.67. The van der Waals surface area contributed by atoms with Crippen LogP contribution < -0.4 is 4.74 Å². The van der Waals surface area contributed by atoms with Gasteiger partial charge in [-0.15, -0.1) is 0 Å². The molecule has 0 saturated carbocycles. The molecule has 2 fully saturated rings. The average Bonchev–Trinajstić information content (AvgIpc) is 2.83. The Balaban J connectivity index is 1.73. The van der Waals surface area contributed by atoms with Crippen LogP contribution >= 0.6 is 0 Å². The van der Waals surface area contributed by atoms with Crippen molar-refractivity contribution in [1.82, 2.24) is 9.21 Å². The van der Waals surface area contributed by atoms with Crippen LogP contribution in [0.25, 0.3) is 0 Å². The van der Waals surface area contributed by atoms with Crippen LogP contribution in [0.2, 0.25) is 0 Å². The van der Waals surface area contributed by atoms with Gasteiger partial charge in [-0.25, -0.2) is 8.42 Å². The minimum Gasteiger partial charge on any atom is -0.497 e. The molecule has 1 aromatic rings. The fraction of sp³-hybridized carbons (Fsp3) is 0.600. The van der Waals surface area contributed by atoms with Gasteiger partial charge < -0.3 is 9.84 Å². The van der Waals surface area contributed by atoms with E-state index in [9.17, 15) is 13.5 Å². The van der Waals surface area contributed by atoms with E-state index in [1.54, 1.807) is 31.4 Å². The molecule has 2 saturated heterocycles. The Bertz CT molecular complexity index is 638. The number of nitrogens with zero attached hydrogens (tertiary/aromatic N) is 2.